The molecule has 2 aromatic carbocycles. The maximum absolute atomic E-state index is 12.5. The summed E-state index contributed by atoms with van der Waals surface area (Å²) >= 11 is 6.09. The average molecular weight is 429 g/mol. The number of nitrogens with zero attached hydrogens (tertiary/aromatic N) is 2. The number of aryl methyl sites for hydroxylation is 1. The molecule has 0 radical (unpaired) electrons. The maximum Gasteiger partial charge on any atom is 0.238 e. The number of piperazine rings is 1. The van der Waals surface area contributed by atoms with Crippen LogP contribution in [0, 0.1) is 6.92 Å². The monoisotopic (exact) mass is 428 g/mol. The molecule has 2 N–H and O–H groups in total. The van der Waals surface area contributed by atoms with E-state index in [2.05, 4.69) is 33.4 Å². The molecule has 0 spiro atoms. The van der Waals surface area contributed by atoms with Crippen LogP contribution < -0.4 is 10.6 Å². The number of anilines is 1. The standard InChI is InChI=1S/C23H29ClN4O2/c1-17-7-3-4-8-19(17)18(2)25-22(29)15-27-11-13-28(14-12-27)16-23(30)26-21-10-6-5-9-20(21)24/h3-10,18H,11-16H2,1-2H3,(H,25,29)(H,26,30). The molecule has 1 saturated heterocycles. The van der Waals surface area contributed by atoms with Gasteiger partial charge in [0, 0.05) is 26.2 Å². The molecule has 2 amide bonds. The Balaban J connectivity index is 1.40. The quantitative estimate of drug-likeness (QED) is 0.711. The number of hydrogen-bond acceptors (Lipinski definition) is 4. The molecule has 160 valence electrons. The van der Waals surface area contributed by atoms with E-state index in [1.807, 2.05) is 37.3 Å². The Morgan fingerprint density at radius 1 is 0.933 bits per heavy atom. The second kappa shape index (κ2) is 10.6. The van der Waals surface area contributed by atoms with Gasteiger partial charge in [0.2, 0.25) is 11.8 Å². The van der Waals surface area contributed by atoms with E-state index in [-0.39, 0.29) is 17.9 Å². The molecule has 0 saturated carbocycles. The predicted molar refractivity (Wildman–Crippen MR) is 121 cm³/mol. The van der Waals surface area contributed by atoms with E-state index in [0.29, 0.717) is 23.8 Å². The zero-order chi connectivity index (χ0) is 21.5. The number of rotatable bonds is 7. The molecule has 2 aromatic rings. The van der Waals surface area contributed by atoms with Crippen molar-refractivity contribution in [1.29, 1.82) is 0 Å². The summed E-state index contributed by atoms with van der Waals surface area (Å²) in [6.07, 6.45) is 0. The molecule has 0 bridgehead atoms. The van der Waals surface area contributed by atoms with Crippen LogP contribution in [0.25, 0.3) is 0 Å². The number of benzene rings is 2. The number of carbonyl (C=O) groups excluding carboxylic acids is 2. The topological polar surface area (TPSA) is 64.7 Å². The van der Waals surface area contributed by atoms with E-state index in [1.54, 1.807) is 12.1 Å². The van der Waals surface area contributed by atoms with Gasteiger partial charge in [0.25, 0.3) is 0 Å². The van der Waals surface area contributed by atoms with Gasteiger partial charge in [0.05, 0.1) is 29.8 Å². The fourth-order valence-corrected chi connectivity index (χ4v) is 3.88. The van der Waals surface area contributed by atoms with Gasteiger partial charge in [-0.15, -0.1) is 0 Å². The highest BCUT2D eigenvalue weighted by molar-refractivity contribution is 6.33. The largest absolute Gasteiger partial charge is 0.348 e. The summed E-state index contributed by atoms with van der Waals surface area (Å²) in [5, 5.41) is 6.47. The Morgan fingerprint density at radius 2 is 1.50 bits per heavy atom. The fourth-order valence-electron chi connectivity index (χ4n) is 3.70. The van der Waals surface area contributed by atoms with E-state index < -0.39 is 0 Å². The van der Waals surface area contributed by atoms with Crippen LogP contribution in [0.15, 0.2) is 48.5 Å². The molecular weight excluding hydrogens is 400 g/mol. The SMILES string of the molecule is Cc1ccccc1C(C)NC(=O)CN1CCN(CC(=O)Nc2ccccc2Cl)CC1. The predicted octanol–water partition coefficient (Wildman–Crippen LogP) is 3.08. The molecule has 30 heavy (non-hydrogen) atoms. The van der Waals surface area contributed by atoms with E-state index in [0.717, 1.165) is 31.7 Å². The summed E-state index contributed by atoms with van der Waals surface area (Å²) in [4.78, 5) is 29.0. The Morgan fingerprint density at radius 3 is 2.13 bits per heavy atom. The minimum atomic E-state index is -0.0821. The van der Waals surface area contributed by atoms with Crippen LogP contribution in [0.3, 0.4) is 0 Å². The van der Waals surface area contributed by atoms with Crippen molar-refractivity contribution in [1.82, 2.24) is 15.1 Å². The molecule has 0 aliphatic carbocycles. The second-order valence-electron chi connectivity index (χ2n) is 7.73. The highest BCUT2D eigenvalue weighted by Gasteiger charge is 2.21. The summed E-state index contributed by atoms with van der Waals surface area (Å²) in [5.74, 6) is -0.0583. The first-order chi connectivity index (χ1) is 14.4. The van der Waals surface area contributed by atoms with Crippen molar-refractivity contribution in [2.75, 3.05) is 44.6 Å². The normalized spacial score (nSPS) is 16.1. The van der Waals surface area contributed by atoms with Crippen molar-refractivity contribution in [2.45, 2.75) is 19.9 Å². The third kappa shape index (κ3) is 6.29. The lowest BCUT2D eigenvalue weighted by Gasteiger charge is -2.34. The molecule has 1 fully saturated rings. The van der Waals surface area contributed by atoms with E-state index >= 15 is 0 Å². The molecule has 1 atom stereocenters. The van der Waals surface area contributed by atoms with Gasteiger partial charge >= 0.3 is 0 Å². The Kier molecular flexibility index (Phi) is 7.85. The van der Waals surface area contributed by atoms with Crippen LogP contribution in [-0.2, 0) is 9.59 Å². The summed E-state index contributed by atoms with van der Waals surface area (Å²) in [7, 11) is 0. The second-order valence-corrected chi connectivity index (χ2v) is 8.13. The summed E-state index contributed by atoms with van der Waals surface area (Å²) in [6.45, 7) is 7.75. The van der Waals surface area contributed by atoms with Crippen LogP contribution in [0.4, 0.5) is 5.69 Å². The van der Waals surface area contributed by atoms with Crippen molar-refractivity contribution < 1.29 is 9.59 Å². The van der Waals surface area contributed by atoms with Gasteiger partial charge in [-0.1, -0.05) is 48.0 Å². The molecule has 1 unspecified atom stereocenters. The van der Waals surface area contributed by atoms with Gasteiger partial charge in [-0.2, -0.15) is 0 Å². The third-order valence-electron chi connectivity index (χ3n) is 5.38. The number of para-hydroxylation sites is 1. The van der Waals surface area contributed by atoms with Gasteiger partial charge in [0.15, 0.2) is 0 Å². The third-order valence-corrected chi connectivity index (χ3v) is 5.71. The lowest BCUT2D eigenvalue weighted by molar-refractivity contribution is -0.124. The Bertz CT molecular complexity index is 881. The maximum atomic E-state index is 12.5. The van der Waals surface area contributed by atoms with Crippen molar-refractivity contribution in [3.8, 4) is 0 Å². The number of amides is 2. The molecular formula is C23H29ClN4O2. The number of carbonyl (C=O) groups is 2. The van der Waals surface area contributed by atoms with Crippen LogP contribution in [0.1, 0.15) is 24.1 Å². The van der Waals surface area contributed by atoms with Gasteiger partial charge in [-0.05, 0) is 37.1 Å². The minimum absolute atomic E-state index is 0.0199. The van der Waals surface area contributed by atoms with Crippen molar-refractivity contribution in [2.24, 2.45) is 0 Å². The molecule has 0 aromatic heterocycles. The van der Waals surface area contributed by atoms with Crippen LogP contribution in [0.5, 0.6) is 0 Å². The van der Waals surface area contributed by atoms with Crippen molar-refractivity contribution in [3.63, 3.8) is 0 Å². The van der Waals surface area contributed by atoms with E-state index in [9.17, 15) is 9.59 Å². The van der Waals surface area contributed by atoms with E-state index in [4.69, 9.17) is 11.6 Å². The highest BCUT2D eigenvalue weighted by Crippen LogP contribution is 2.20. The minimum Gasteiger partial charge on any atom is -0.348 e. The first-order valence-electron chi connectivity index (χ1n) is 10.3. The summed E-state index contributed by atoms with van der Waals surface area (Å²) < 4.78 is 0. The Hall–Kier alpha value is -2.41. The lowest BCUT2D eigenvalue weighted by atomic mass is 10.0. The average Bonchev–Trinajstić information content (AvgIpc) is 2.71. The highest BCUT2D eigenvalue weighted by atomic mass is 35.5. The van der Waals surface area contributed by atoms with Gasteiger partial charge < -0.3 is 10.6 Å². The fraction of sp³-hybridized carbons (Fsp3) is 0.391. The van der Waals surface area contributed by atoms with Crippen LogP contribution >= 0.6 is 11.6 Å². The molecule has 1 aliphatic heterocycles. The zero-order valence-electron chi connectivity index (χ0n) is 17.5. The first-order valence-corrected chi connectivity index (χ1v) is 10.6. The first kappa shape index (κ1) is 22.3. The Labute approximate surface area is 183 Å². The molecule has 1 heterocycles. The molecule has 7 heteroatoms. The molecule has 3 rings (SSSR count). The van der Waals surface area contributed by atoms with Crippen LogP contribution in [0.2, 0.25) is 5.02 Å². The van der Waals surface area contributed by atoms with Crippen molar-refractivity contribution in [3.05, 3.63) is 64.7 Å². The number of hydrogen-bond donors (Lipinski definition) is 2. The lowest BCUT2D eigenvalue weighted by Crippen LogP contribution is -2.51. The van der Waals surface area contributed by atoms with Gasteiger partial charge in [-0.25, -0.2) is 0 Å². The van der Waals surface area contributed by atoms with Crippen LogP contribution in [-0.4, -0.2) is 60.9 Å². The van der Waals surface area contributed by atoms with Gasteiger partial charge in [-0.3, -0.25) is 19.4 Å². The number of nitrogens with one attached hydrogen (secondary N) is 2. The summed E-state index contributed by atoms with van der Waals surface area (Å²) in [5.41, 5.74) is 2.94. The molecule has 1 aliphatic rings. The van der Waals surface area contributed by atoms with Crippen molar-refractivity contribution >= 4 is 29.1 Å². The smallest absolute Gasteiger partial charge is 0.238 e. The molecule has 6 nitrogen and oxygen atoms in total. The van der Waals surface area contributed by atoms with E-state index in [1.165, 1.54) is 5.56 Å². The zero-order valence-corrected chi connectivity index (χ0v) is 18.3. The summed E-state index contributed by atoms with van der Waals surface area (Å²) in [6, 6.07) is 15.3. The number of halogens is 1. The van der Waals surface area contributed by atoms with Gasteiger partial charge in [0.1, 0.15) is 0 Å².